The van der Waals surface area contributed by atoms with E-state index in [0.717, 1.165) is 23.8 Å². The Kier molecular flexibility index (Phi) is 4.66. The van der Waals surface area contributed by atoms with E-state index >= 15 is 0 Å². The number of carbonyl (C=O) groups is 1. The van der Waals surface area contributed by atoms with E-state index in [0.29, 0.717) is 6.04 Å². The topological polar surface area (TPSA) is 50.4 Å². The van der Waals surface area contributed by atoms with Gasteiger partial charge in [0.25, 0.3) is 5.91 Å². The van der Waals surface area contributed by atoms with Crippen molar-refractivity contribution < 1.29 is 9.53 Å². The van der Waals surface area contributed by atoms with Gasteiger partial charge in [-0.3, -0.25) is 4.79 Å². The molecule has 1 aromatic carbocycles. The molecule has 104 valence electrons. The fraction of sp³-hybridized carbons (Fsp3) is 0.533. The maximum Gasteiger partial charge on any atom is 0.257 e. The summed E-state index contributed by atoms with van der Waals surface area (Å²) in [5.74, 6) is 1.42. The number of rotatable bonds is 7. The zero-order chi connectivity index (χ0) is 13.7. The number of benzene rings is 1. The van der Waals surface area contributed by atoms with Crippen LogP contribution in [0.15, 0.2) is 24.3 Å². The highest BCUT2D eigenvalue weighted by Crippen LogP contribution is 2.35. The molecule has 1 unspecified atom stereocenters. The molecular formula is C15H22N2O2. The van der Waals surface area contributed by atoms with Crippen molar-refractivity contribution in [2.45, 2.75) is 32.2 Å². The van der Waals surface area contributed by atoms with Crippen LogP contribution < -0.4 is 15.4 Å². The molecular weight excluding hydrogens is 240 g/mol. The van der Waals surface area contributed by atoms with Gasteiger partial charge in [-0.15, -0.1) is 0 Å². The van der Waals surface area contributed by atoms with Crippen molar-refractivity contribution in [3.05, 3.63) is 24.3 Å². The molecule has 1 atom stereocenters. The SMILES string of the molecule is CCC(Nc1cccc(OCC(=O)NC)c1)C1CC1. The van der Waals surface area contributed by atoms with E-state index in [-0.39, 0.29) is 12.5 Å². The normalized spacial score (nSPS) is 15.7. The van der Waals surface area contributed by atoms with Crippen molar-refractivity contribution in [2.24, 2.45) is 5.92 Å². The first-order valence-electron chi connectivity index (χ1n) is 6.93. The molecule has 1 amide bonds. The van der Waals surface area contributed by atoms with Crippen LogP contribution in [0.25, 0.3) is 0 Å². The molecule has 0 aromatic heterocycles. The van der Waals surface area contributed by atoms with Crippen LogP contribution in [0.5, 0.6) is 5.75 Å². The lowest BCUT2D eigenvalue weighted by Gasteiger charge is -2.18. The summed E-state index contributed by atoms with van der Waals surface area (Å²) in [5, 5.41) is 6.09. The van der Waals surface area contributed by atoms with Crippen LogP contribution in [-0.4, -0.2) is 25.6 Å². The van der Waals surface area contributed by atoms with Crippen molar-refractivity contribution >= 4 is 11.6 Å². The molecule has 0 bridgehead atoms. The summed E-state index contributed by atoms with van der Waals surface area (Å²) in [7, 11) is 1.60. The van der Waals surface area contributed by atoms with Crippen molar-refractivity contribution in [2.75, 3.05) is 19.0 Å². The standard InChI is InChI=1S/C15H22N2O2/c1-3-14(11-7-8-11)17-12-5-4-6-13(9-12)19-10-15(18)16-2/h4-6,9,11,14,17H,3,7-8,10H2,1-2H3,(H,16,18). The Hall–Kier alpha value is -1.71. The lowest BCUT2D eigenvalue weighted by atomic mass is 10.1. The predicted molar refractivity (Wildman–Crippen MR) is 76.4 cm³/mol. The van der Waals surface area contributed by atoms with E-state index in [2.05, 4.69) is 17.6 Å². The minimum Gasteiger partial charge on any atom is -0.484 e. The Morgan fingerprint density at radius 3 is 2.89 bits per heavy atom. The Bertz CT molecular complexity index is 430. The maximum absolute atomic E-state index is 11.1. The van der Waals surface area contributed by atoms with Gasteiger partial charge in [0.1, 0.15) is 5.75 Å². The molecule has 0 spiro atoms. The second kappa shape index (κ2) is 6.45. The van der Waals surface area contributed by atoms with Crippen LogP contribution in [-0.2, 0) is 4.79 Å². The highest BCUT2D eigenvalue weighted by Gasteiger charge is 2.29. The molecule has 4 nitrogen and oxygen atoms in total. The molecule has 19 heavy (non-hydrogen) atoms. The molecule has 2 N–H and O–H groups in total. The first-order chi connectivity index (χ1) is 9.22. The fourth-order valence-electron chi connectivity index (χ4n) is 2.16. The number of hydrogen-bond donors (Lipinski definition) is 2. The number of hydrogen-bond acceptors (Lipinski definition) is 3. The molecule has 0 heterocycles. The summed E-state index contributed by atoms with van der Waals surface area (Å²) in [6.45, 7) is 2.27. The van der Waals surface area contributed by atoms with Gasteiger partial charge in [0.2, 0.25) is 0 Å². The summed E-state index contributed by atoms with van der Waals surface area (Å²) in [6.07, 6.45) is 3.80. The summed E-state index contributed by atoms with van der Waals surface area (Å²) >= 11 is 0. The van der Waals surface area contributed by atoms with E-state index in [9.17, 15) is 4.79 Å². The summed E-state index contributed by atoms with van der Waals surface area (Å²) in [6, 6.07) is 8.35. The molecule has 4 heteroatoms. The molecule has 1 aliphatic rings. The van der Waals surface area contributed by atoms with Crippen LogP contribution in [0, 0.1) is 5.92 Å². The number of likely N-dealkylation sites (N-methyl/N-ethyl adjacent to an activating group) is 1. The molecule has 0 radical (unpaired) electrons. The highest BCUT2D eigenvalue weighted by atomic mass is 16.5. The zero-order valence-corrected chi connectivity index (χ0v) is 11.6. The molecule has 0 aliphatic heterocycles. The van der Waals surface area contributed by atoms with Crippen LogP contribution in [0.1, 0.15) is 26.2 Å². The first-order valence-corrected chi connectivity index (χ1v) is 6.93. The number of anilines is 1. The quantitative estimate of drug-likeness (QED) is 0.793. The van der Waals surface area contributed by atoms with Crippen molar-refractivity contribution in [3.8, 4) is 5.75 Å². The number of amides is 1. The van der Waals surface area contributed by atoms with Gasteiger partial charge in [0, 0.05) is 24.8 Å². The average molecular weight is 262 g/mol. The minimum atomic E-state index is -0.122. The van der Waals surface area contributed by atoms with Gasteiger partial charge in [-0.1, -0.05) is 13.0 Å². The molecule has 1 aromatic rings. The van der Waals surface area contributed by atoms with Gasteiger partial charge in [0.05, 0.1) is 0 Å². The van der Waals surface area contributed by atoms with E-state index < -0.39 is 0 Å². The van der Waals surface area contributed by atoms with Crippen molar-refractivity contribution in [1.29, 1.82) is 0 Å². The lowest BCUT2D eigenvalue weighted by molar-refractivity contribution is -0.122. The van der Waals surface area contributed by atoms with E-state index in [1.165, 1.54) is 12.8 Å². The maximum atomic E-state index is 11.1. The van der Waals surface area contributed by atoms with Gasteiger partial charge in [-0.05, 0) is 37.3 Å². The van der Waals surface area contributed by atoms with Crippen molar-refractivity contribution in [1.82, 2.24) is 5.32 Å². The molecule has 0 saturated heterocycles. The second-order valence-electron chi connectivity index (χ2n) is 4.99. The molecule has 1 aliphatic carbocycles. The zero-order valence-electron chi connectivity index (χ0n) is 11.6. The van der Waals surface area contributed by atoms with Crippen LogP contribution >= 0.6 is 0 Å². The largest absolute Gasteiger partial charge is 0.484 e. The number of nitrogens with one attached hydrogen (secondary N) is 2. The Morgan fingerprint density at radius 2 is 2.26 bits per heavy atom. The first kappa shape index (κ1) is 13.7. The molecule has 2 rings (SSSR count). The monoisotopic (exact) mass is 262 g/mol. The summed E-state index contributed by atoms with van der Waals surface area (Å²) in [5.41, 5.74) is 1.06. The Balaban J connectivity index is 1.92. The van der Waals surface area contributed by atoms with Gasteiger partial charge in [-0.2, -0.15) is 0 Å². The lowest BCUT2D eigenvalue weighted by Crippen LogP contribution is -2.25. The number of carbonyl (C=O) groups excluding carboxylic acids is 1. The van der Waals surface area contributed by atoms with Gasteiger partial charge in [0.15, 0.2) is 6.61 Å². The summed E-state index contributed by atoms with van der Waals surface area (Å²) in [4.78, 5) is 11.1. The Morgan fingerprint density at radius 1 is 1.47 bits per heavy atom. The van der Waals surface area contributed by atoms with Crippen LogP contribution in [0.2, 0.25) is 0 Å². The Labute approximate surface area is 114 Å². The third-order valence-corrected chi connectivity index (χ3v) is 3.47. The third-order valence-electron chi connectivity index (χ3n) is 3.47. The second-order valence-corrected chi connectivity index (χ2v) is 4.99. The molecule has 1 fully saturated rings. The fourth-order valence-corrected chi connectivity index (χ4v) is 2.16. The van der Waals surface area contributed by atoms with Crippen molar-refractivity contribution in [3.63, 3.8) is 0 Å². The van der Waals surface area contributed by atoms with Crippen LogP contribution in [0.3, 0.4) is 0 Å². The van der Waals surface area contributed by atoms with E-state index in [1.54, 1.807) is 7.05 Å². The van der Waals surface area contributed by atoms with Gasteiger partial charge in [-0.25, -0.2) is 0 Å². The smallest absolute Gasteiger partial charge is 0.257 e. The predicted octanol–water partition coefficient (Wildman–Crippen LogP) is 2.41. The summed E-state index contributed by atoms with van der Waals surface area (Å²) < 4.78 is 5.44. The average Bonchev–Trinajstić information content (AvgIpc) is 3.27. The highest BCUT2D eigenvalue weighted by molar-refractivity contribution is 5.77. The van der Waals surface area contributed by atoms with Crippen LogP contribution in [0.4, 0.5) is 5.69 Å². The molecule has 1 saturated carbocycles. The minimum absolute atomic E-state index is 0.0553. The van der Waals surface area contributed by atoms with Gasteiger partial charge >= 0.3 is 0 Å². The van der Waals surface area contributed by atoms with E-state index in [1.807, 2.05) is 24.3 Å². The number of ether oxygens (including phenoxy) is 1. The van der Waals surface area contributed by atoms with Gasteiger partial charge < -0.3 is 15.4 Å². The van der Waals surface area contributed by atoms with E-state index in [4.69, 9.17) is 4.74 Å². The third kappa shape index (κ3) is 4.16.